The van der Waals surface area contributed by atoms with E-state index in [1.807, 2.05) is 0 Å². The molecular formula is C17H31ClN2O3. The Bertz CT molecular complexity index is 403. The Labute approximate surface area is 145 Å². The van der Waals surface area contributed by atoms with Crippen molar-refractivity contribution >= 4 is 18.3 Å². The van der Waals surface area contributed by atoms with Crippen LogP contribution in [0.25, 0.3) is 0 Å². The van der Waals surface area contributed by atoms with Gasteiger partial charge in [-0.2, -0.15) is 0 Å². The number of carbonyl (C=O) groups excluding carboxylic acids is 1. The molecule has 5 nitrogen and oxygen atoms in total. The average molecular weight is 347 g/mol. The molecule has 1 spiro atoms. The van der Waals surface area contributed by atoms with E-state index in [0.717, 1.165) is 39.0 Å². The molecule has 0 bridgehead atoms. The maximum Gasteiger partial charge on any atom is 0.228 e. The van der Waals surface area contributed by atoms with Crippen LogP contribution in [0.3, 0.4) is 0 Å². The van der Waals surface area contributed by atoms with Crippen LogP contribution in [0.1, 0.15) is 45.4 Å². The van der Waals surface area contributed by atoms with Crippen LogP contribution in [0.4, 0.5) is 0 Å². The highest BCUT2D eigenvalue weighted by Crippen LogP contribution is 2.57. The van der Waals surface area contributed by atoms with E-state index in [2.05, 4.69) is 17.6 Å². The zero-order chi connectivity index (χ0) is 15.6. The van der Waals surface area contributed by atoms with Crippen molar-refractivity contribution in [1.82, 2.24) is 10.6 Å². The molecule has 1 heterocycles. The highest BCUT2D eigenvalue weighted by Gasteiger charge is 2.60. The minimum absolute atomic E-state index is 0. The largest absolute Gasteiger partial charge is 0.384 e. The number of nitrogens with one attached hydrogen (secondary N) is 2. The summed E-state index contributed by atoms with van der Waals surface area (Å²) in [5, 5.41) is 6.71. The Kier molecular flexibility index (Phi) is 6.34. The summed E-state index contributed by atoms with van der Waals surface area (Å²) in [4.78, 5) is 12.9. The first-order valence-electron chi connectivity index (χ1n) is 8.79. The second-order valence-electron chi connectivity index (χ2n) is 7.26. The van der Waals surface area contributed by atoms with Crippen molar-refractivity contribution in [2.75, 3.05) is 33.4 Å². The van der Waals surface area contributed by atoms with Crippen molar-refractivity contribution in [3.05, 3.63) is 0 Å². The Morgan fingerprint density at radius 2 is 1.96 bits per heavy atom. The topological polar surface area (TPSA) is 59.6 Å². The zero-order valence-electron chi connectivity index (χ0n) is 14.4. The van der Waals surface area contributed by atoms with E-state index in [9.17, 15) is 4.79 Å². The molecule has 6 heteroatoms. The van der Waals surface area contributed by atoms with Crippen LogP contribution in [0.5, 0.6) is 0 Å². The monoisotopic (exact) mass is 346 g/mol. The third-order valence-electron chi connectivity index (χ3n) is 6.21. The first-order valence-corrected chi connectivity index (χ1v) is 8.79. The van der Waals surface area contributed by atoms with Gasteiger partial charge in [0, 0.05) is 25.2 Å². The number of piperidine rings is 1. The lowest BCUT2D eigenvalue weighted by molar-refractivity contribution is -0.179. The van der Waals surface area contributed by atoms with E-state index in [4.69, 9.17) is 9.47 Å². The Morgan fingerprint density at radius 3 is 2.48 bits per heavy atom. The van der Waals surface area contributed by atoms with Crippen LogP contribution in [-0.4, -0.2) is 51.5 Å². The summed E-state index contributed by atoms with van der Waals surface area (Å²) >= 11 is 0. The summed E-state index contributed by atoms with van der Waals surface area (Å²) in [6, 6.07) is 0.300. The summed E-state index contributed by atoms with van der Waals surface area (Å²) in [5.41, 5.74) is -0.117. The summed E-state index contributed by atoms with van der Waals surface area (Å²) in [7, 11) is 1.69. The molecule has 2 unspecified atom stereocenters. The summed E-state index contributed by atoms with van der Waals surface area (Å²) in [6.07, 6.45) is 6.71. The predicted molar refractivity (Wildman–Crippen MR) is 91.9 cm³/mol. The van der Waals surface area contributed by atoms with Gasteiger partial charge in [0.15, 0.2) is 0 Å². The van der Waals surface area contributed by atoms with E-state index in [1.54, 1.807) is 7.11 Å². The SMILES string of the molecule is CCOC1CC(NC(=O)C2(COC)CCNCC2)C12CCC2.Cl. The van der Waals surface area contributed by atoms with Crippen LogP contribution in [0.15, 0.2) is 0 Å². The van der Waals surface area contributed by atoms with Crippen molar-refractivity contribution in [1.29, 1.82) is 0 Å². The van der Waals surface area contributed by atoms with E-state index >= 15 is 0 Å². The fourth-order valence-corrected chi connectivity index (χ4v) is 4.57. The Balaban J connectivity index is 0.00000192. The number of methoxy groups -OCH3 is 1. The van der Waals surface area contributed by atoms with Crippen molar-refractivity contribution < 1.29 is 14.3 Å². The second kappa shape index (κ2) is 7.68. The van der Waals surface area contributed by atoms with Gasteiger partial charge in [-0.1, -0.05) is 6.42 Å². The lowest BCUT2D eigenvalue weighted by Crippen LogP contribution is -2.69. The number of carbonyl (C=O) groups is 1. The third-order valence-corrected chi connectivity index (χ3v) is 6.21. The molecule has 0 radical (unpaired) electrons. The molecule has 1 amide bonds. The molecule has 2 saturated carbocycles. The second-order valence-corrected chi connectivity index (χ2v) is 7.26. The first kappa shape index (κ1) is 19.0. The molecule has 1 aliphatic heterocycles. The number of halogens is 1. The van der Waals surface area contributed by atoms with Gasteiger partial charge >= 0.3 is 0 Å². The van der Waals surface area contributed by atoms with Crippen molar-refractivity contribution in [2.45, 2.75) is 57.6 Å². The molecule has 134 valence electrons. The van der Waals surface area contributed by atoms with Crippen LogP contribution in [0.2, 0.25) is 0 Å². The van der Waals surface area contributed by atoms with Crippen LogP contribution < -0.4 is 10.6 Å². The van der Waals surface area contributed by atoms with E-state index < -0.39 is 0 Å². The van der Waals surface area contributed by atoms with E-state index in [0.29, 0.717) is 18.8 Å². The molecule has 3 fully saturated rings. The summed E-state index contributed by atoms with van der Waals surface area (Å²) in [5.74, 6) is 0.196. The molecule has 3 rings (SSSR count). The molecule has 23 heavy (non-hydrogen) atoms. The number of hydrogen-bond acceptors (Lipinski definition) is 4. The van der Waals surface area contributed by atoms with Crippen LogP contribution in [0, 0.1) is 10.8 Å². The number of rotatable bonds is 6. The fourth-order valence-electron chi connectivity index (χ4n) is 4.57. The number of ether oxygens (including phenoxy) is 2. The van der Waals surface area contributed by atoms with Crippen molar-refractivity contribution in [2.24, 2.45) is 10.8 Å². The summed E-state index contributed by atoms with van der Waals surface area (Å²) < 4.78 is 11.3. The zero-order valence-corrected chi connectivity index (χ0v) is 15.2. The molecule has 3 aliphatic rings. The number of amides is 1. The molecule has 1 saturated heterocycles. The smallest absolute Gasteiger partial charge is 0.228 e. The maximum atomic E-state index is 12.9. The minimum Gasteiger partial charge on any atom is -0.384 e. The minimum atomic E-state index is -0.346. The average Bonchev–Trinajstić information content (AvgIpc) is 2.45. The van der Waals surface area contributed by atoms with Crippen molar-refractivity contribution in [3.63, 3.8) is 0 Å². The molecule has 0 aromatic carbocycles. The maximum absolute atomic E-state index is 12.9. The van der Waals surface area contributed by atoms with Crippen LogP contribution >= 0.6 is 12.4 Å². The van der Waals surface area contributed by atoms with Crippen molar-refractivity contribution in [3.8, 4) is 0 Å². The summed E-state index contributed by atoms with van der Waals surface area (Å²) in [6.45, 7) is 5.14. The standard InChI is InChI=1S/C17H30N2O3.ClH/c1-3-22-14-11-13(17(14)5-4-6-17)19-15(20)16(12-21-2)7-9-18-10-8-16;/h13-14,18H,3-12H2,1-2H3,(H,19,20);1H. The molecule has 2 N–H and O–H groups in total. The predicted octanol–water partition coefficient (Wildman–Crippen LogP) is 1.89. The Hall–Kier alpha value is -0.360. The lowest BCUT2D eigenvalue weighted by Gasteiger charge is -2.61. The van der Waals surface area contributed by atoms with Gasteiger partial charge in [0.05, 0.1) is 18.1 Å². The van der Waals surface area contributed by atoms with Gasteiger partial charge in [0.1, 0.15) is 0 Å². The van der Waals surface area contributed by atoms with Gasteiger partial charge in [-0.25, -0.2) is 0 Å². The normalized spacial score (nSPS) is 30.7. The number of hydrogen-bond donors (Lipinski definition) is 2. The molecule has 0 aromatic rings. The first-order chi connectivity index (χ1) is 10.7. The highest BCUT2D eigenvalue weighted by atomic mass is 35.5. The lowest BCUT2D eigenvalue weighted by atomic mass is 9.51. The quantitative estimate of drug-likeness (QED) is 0.771. The third kappa shape index (κ3) is 3.26. The van der Waals surface area contributed by atoms with Crippen LogP contribution in [-0.2, 0) is 14.3 Å². The van der Waals surface area contributed by atoms with E-state index in [1.165, 1.54) is 19.3 Å². The van der Waals surface area contributed by atoms with Gasteiger partial charge in [0.2, 0.25) is 5.91 Å². The highest BCUT2D eigenvalue weighted by molar-refractivity contribution is 5.85. The van der Waals surface area contributed by atoms with Gasteiger partial charge < -0.3 is 20.1 Å². The molecule has 0 aromatic heterocycles. The van der Waals surface area contributed by atoms with E-state index in [-0.39, 0.29) is 29.1 Å². The van der Waals surface area contributed by atoms with Gasteiger partial charge in [-0.3, -0.25) is 4.79 Å². The van der Waals surface area contributed by atoms with Gasteiger partial charge in [-0.15, -0.1) is 12.4 Å². The molecule has 2 aliphatic carbocycles. The van der Waals surface area contributed by atoms with Gasteiger partial charge in [-0.05, 0) is 52.1 Å². The fraction of sp³-hybridized carbons (Fsp3) is 0.941. The van der Waals surface area contributed by atoms with Gasteiger partial charge in [0.25, 0.3) is 0 Å². The molecular weight excluding hydrogens is 316 g/mol. The molecule has 2 atom stereocenters. The Morgan fingerprint density at radius 1 is 1.26 bits per heavy atom.